The SMILES string of the molecule is COc1cccc(N(C)Cc2cccc(C)c2)c1C(C)N. The molecule has 2 aromatic rings. The van der Waals surface area contributed by atoms with Crippen LogP contribution in [0.25, 0.3) is 0 Å². The van der Waals surface area contributed by atoms with E-state index in [1.807, 2.05) is 19.1 Å². The average molecular weight is 284 g/mol. The van der Waals surface area contributed by atoms with Crippen LogP contribution in [0.15, 0.2) is 42.5 Å². The lowest BCUT2D eigenvalue weighted by atomic mass is 10.0. The highest BCUT2D eigenvalue weighted by molar-refractivity contribution is 5.60. The molecule has 2 aromatic carbocycles. The maximum absolute atomic E-state index is 6.14. The average Bonchev–Trinajstić information content (AvgIpc) is 2.46. The first-order valence-electron chi connectivity index (χ1n) is 7.22. The number of hydrogen-bond donors (Lipinski definition) is 1. The quantitative estimate of drug-likeness (QED) is 0.910. The molecule has 0 aromatic heterocycles. The van der Waals surface area contributed by atoms with Crippen molar-refractivity contribution in [2.75, 3.05) is 19.1 Å². The van der Waals surface area contributed by atoms with Gasteiger partial charge < -0.3 is 15.4 Å². The standard InChI is InChI=1S/C18H24N2O/c1-13-7-5-8-15(11-13)12-20(3)16-9-6-10-17(21-4)18(16)14(2)19/h5-11,14H,12,19H2,1-4H3. The van der Waals surface area contributed by atoms with Crippen LogP contribution in [0.5, 0.6) is 5.75 Å². The normalized spacial score (nSPS) is 12.0. The highest BCUT2D eigenvalue weighted by Crippen LogP contribution is 2.33. The molecule has 0 heterocycles. The summed E-state index contributed by atoms with van der Waals surface area (Å²) in [6, 6.07) is 14.6. The van der Waals surface area contributed by atoms with E-state index in [1.54, 1.807) is 7.11 Å². The van der Waals surface area contributed by atoms with E-state index < -0.39 is 0 Å². The Balaban J connectivity index is 2.32. The molecule has 0 amide bonds. The lowest BCUT2D eigenvalue weighted by molar-refractivity contribution is 0.407. The fraction of sp³-hybridized carbons (Fsp3) is 0.333. The molecule has 0 aliphatic carbocycles. The summed E-state index contributed by atoms with van der Waals surface area (Å²) >= 11 is 0. The van der Waals surface area contributed by atoms with Gasteiger partial charge in [0.05, 0.1) is 7.11 Å². The van der Waals surface area contributed by atoms with Crippen LogP contribution in [-0.4, -0.2) is 14.2 Å². The molecule has 2 rings (SSSR count). The van der Waals surface area contributed by atoms with Crippen LogP contribution in [0, 0.1) is 6.92 Å². The van der Waals surface area contributed by atoms with Gasteiger partial charge >= 0.3 is 0 Å². The second kappa shape index (κ2) is 6.64. The molecule has 0 aliphatic heterocycles. The van der Waals surface area contributed by atoms with Crippen LogP contribution >= 0.6 is 0 Å². The topological polar surface area (TPSA) is 38.5 Å². The van der Waals surface area contributed by atoms with E-state index in [2.05, 4.69) is 49.2 Å². The number of aryl methyl sites for hydroxylation is 1. The molecule has 0 fully saturated rings. The fourth-order valence-corrected chi connectivity index (χ4v) is 2.67. The smallest absolute Gasteiger partial charge is 0.125 e. The minimum atomic E-state index is -0.0730. The van der Waals surface area contributed by atoms with E-state index in [-0.39, 0.29) is 6.04 Å². The molecule has 0 saturated heterocycles. The summed E-state index contributed by atoms with van der Waals surface area (Å²) in [6.45, 7) is 4.94. The molecule has 0 aliphatic rings. The van der Waals surface area contributed by atoms with Crippen LogP contribution in [-0.2, 0) is 6.54 Å². The Morgan fingerprint density at radius 2 is 1.90 bits per heavy atom. The monoisotopic (exact) mass is 284 g/mol. The summed E-state index contributed by atoms with van der Waals surface area (Å²) in [4.78, 5) is 2.22. The molecule has 0 radical (unpaired) electrons. The van der Waals surface area contributed by atoms with Gasteiger partial charge in [-0.3, -0.25) is 0 Å². The van der Waals surface area contributed by atoms with Crippen molar-refractivity contribution in [2.45, 2.75) is 26.4 Å². The Morgan fingerprint density at radius 3 is 2.52 bits per heavy atom. The van der Waals surface area contributed by atoms with E-state index in [0.717, 1.165) is 23.5 Å². The van der Waals surface area contributed by atoms with E-state index in [1.165, 1.54) is 11.1 Å². The summed E-state index contributed by atoms with van der Waals surface area (Å²) in [6.07, 6.45) is 0. The van der Waals surface area contributed by atoms with Crippen molar-refractivity contribution in [3.05, 3.63) is 59.2 Å². The maximum atomic E-state index is 6.14. The van der Waals surface area contributed by atoms with Gasteiger partial charge in [-0.15, -0.1) is 0 Å². The van der Waals surface area contributed by atoms with Crippen molar-refractivity contribution in [3.8, 4) is 5.75 Å². The van der Waals surface area contributed by atoms with Crippen LogP contribution in [0.3, 0.4) is 0 Å². The molecular weight excluding hydrogens is 260 g/mol. The van der Waals surface area contributed by atoms with Crippen LogP contribution in [0.2, 0.25) is 0 Å². The Bertz CT molecular complexity index is 608. The zero-order valence-electron chi connectivity index (χ0n) is 13.3. The van der Waals surface area contributed by atoms with Crippen molar-refractivity contribution < 1.29 is 4.74 Å². The predicted molar refractivity (Wildman–Crippen MR) is 88.9 cm³/mol. The number of nitrogens with zero attached hydrogens (tertiary/aromatic N) is 1. The Morgan fingerprint density at radius 1 is 1.19 bits per heavy atom. The number of methoxy groups -OCH3 is 1. The zero-order chi connectivity index (χ0) is 15.4. The number of ether oxygens (including phenoxy) is 1. The molecule has 3 heteroatoms. The van der Waals surface area contributed by atoms with Gasteiger partial charge in [0.2, 0.25) is 0 Å². The van der Waals surface area contributed by atoms with Gasteiger partial charge in [-0.25, -0.2) is 0 Å². The summed E-state index contributed by atoms with van der Waals surface area (Å²) in [7, 11) is 3.77. The molecule has 1 atom stereocenters. The number of nitrogens with two attached hydrogens (primary N) is 1. The Kier molecular flexibility index (Phi) is 4.86. The van der Waals surface area contributed by atoms with Crippen molar-refractivity contribution in [2.24, 2.45) is 5.73 Å². The van der Waals surface area contributed by atoms with Crippen molar-refractivity contribution in [1.29, 1.82) is 0 Å². The third-order valence-corrected chi connectivity index (χ3v) is 3.63. The molecule has 2 N–H and O–H groups in total. The van der Waals surface area contributed by atoms with Crippen molar-refractivity contribution in [1.82, 2.24) is 0 Å². The van der Waals surface area contributed by atoms with E-state index >= 15 is 0 Å². The van der Waals surface area contributed by atoms with Gasteiger partial charge in [0.15, 0.2) is 0 Å². The molecule has 0 spiro atoms. The van der Waals surface area contributed by atoms with Crippen LogP contribution in [0.4, 0.5) is 5.69 Å². The molecule has 112 valence electrons. The van der Waals surface area contributed by atoms with Gasteiger partial charge in [-0.2, -0.15) is 0 Å². The first kappa shape index (κ1) is 15.4. The van der Waals surface area contributed by atoms with E-state index in [4.69, 9.17) is 10.5 Å². The predicted octanol–water partition coefficient (Wildman–Crippen LogP) is 3.66. The minimum absolute atomic E-state index is 0.0730. The van der Waals surface area contributed by atoms with Gasteiger partial charge in [0.25, 0.3) is 0 Å². The fourth-order valence-electron chi connectivity index (χ4n) is 2.67. The molecule has 0 bridgehead atoms. The second-order valence-corrected chi connectivity index (χ2v) is 5.53. The van der Waals surface area contributed by atoms with Gasteiger partial charge in [0, 0.05) is 30.9 Å². The number of anilines is 1. The molecule has 0 saturated carbocycles. The third kappa shape index (κ3) is 3.56. The number of rotatable bonds is 5. The van der Waals surface area contributed by atoms with Crippen LogP contribution < -0.4 is 15.4 Å². The van der Waals surface area contributed by atoms with E-state index in [0.29, 0.717) is 0 Å². The molecule has 1 unspecified atom stereocenters. The molecule has 3 nitrogen and oxygen atoms in total. The van der Waals surface area contributed by atoms with Crippen LogP contribution in [0.1, 0.15) is 29.7 Å². The first-order valence-corrected chi connectivity index (χ1v) is 7.22. The van der Waals surface area contributed by atoms with Gasteiger partial charge in [0.1, 0.15) is 5.75 Å². The Hall–Kier alpha value is -2.00. The first-order chi connectivity index (χ1) is 10.0. The summed E-state index contributed by atoms with van der Waals surface area (Å²) < 4.78 is 5.46. The number of hydrogen-bond acceptors (Lipinski definition) is 3. The van der Waals surface area contributed by atoms with Crippen molar-refractivity contribution in [3.63, 3.8) is 0 Å². The van der Waals surface area contributed by atoms with Gasteiger partial charge in [-0.05, 0) is 31.5 Å². The third-order valence-electron chi connectivity index (χ3n) is 3.63. The van der Waals surface area contributed by atoms with E-state index in [9.17, 15) is 0 Å². The highest BCUT2D eigenvalue weighted by atomic mass is 16.5. The molecular formula is C18H24N2O. The van der Waals surface area contributed by atoms with Gasteiger partial charge in [-0.1, -0.05) is 35.9 Å². The molecule has 21 heavy (non-hydrogen) atoms. The number of benzene rings is 2. The zero-order valence-corrected chi connectivity index (χ0v) is 13.3. The minimum Gasteiger partial charge on any atom is -0.496 e. The highest BCUT2D eigenvalue weighted by Gasteiger charge is 2.16. The lowest BCUT2D eigenvalue weighted by Crippen LogP contribution is -2.20. The summed E-state index contributed by atoms with van der Waals surface area (Å²) in [5.41, 5.74) is 10.9. The lowest BCUT2D eigenvalue weighted by Gasteiger charge is -2.25. The maximum Gasteiger partial charge on any atom is 0.125 e. The van der Waals surface area contributed by atoms with Crippen molar-refractivity contribution >= 4 is 5.69 Å². The second-order valence-electron chi connectivity index (χ2n) is 5.53. The summed E-state index contributed by atoms with van der Waals surface area (Å²) in [5.74, 6) is 0.846. The summed E-state index contributed by atoms with van der Waals surface area (Å²) in [5, 5.41) is 0. The largest absolute Gasteiger partial charge is 0.496 e. The Labute approximate surface area is 127 Å².